The van der Waals surface area contributed by atoms with Crippen molar-refractivity contribution in [2.75, 3.05) is 13.1 Å². The molecule has 5 heteroatoms. The van der Waals surface area contributed by atoms with Crippen molar-refractivity contribution >= 4 is 27.5 Å². The van der Waals surface area contributed by atoms with Gasteiger partial charge >= 0.3 is 0 Å². The van der Waals surface area contributed by atoms with E-state index in [0.717, 1.165) is 13.0 Å². The van der Waals surface area contributed by atoms with Gasteiger partial charge in [-0.3, -0.25) is 4.79 Å². The van der Waals surface area contributed by atoms with Crippen molar-refractivity contribution in [3.63, 3.8) is 0 Å². The summed E-state index contributed by atoms with van der Waals surface area (Å²) in [6.45, 7) is 9.36. The summed E-state index contributed by atoms with van der Waals surface area (Å²) in [7, 11) is 0. The molecule has 0 radical (unpaired) electrons. The van der Waals surface area contributed by atoms with Crippen LogP contribution >= 0.6 is 11.3 Å². The molecule has 1 heterocycles. The van der Waals surface area contributed by atoms with Crippen LogP contribution in [-0.4, -0.2) is 28.9 Å². The Balaban J connectivity index is 0.000000956. The van der Waals surface area contributed by atoms with E-state index in [-0.39, 0.29) is 11.7 Å². The number of rotatable bonds is 4. The summed E-state index contributed by atoms with van der Waals surface area (Å²) in [5.74, 6) is -0.369. The Morgan fingerprint density at radius 1 is 1.35 bits per heavy atom. The van der Waals surface area contributed by atoms with Crippen LogP contribution in [0.25, 0.3) is 10.2 Å². The number of hydrogen-bond acceptors (Lipinski definition) is 3. The quantitative estimate of drug-likeness (QED) is 0.841. The highest BCUT2D eigenvalue weighted by atomic mass is 32.1. The predicted molar refractivity (Wildman–Crippen MR) is 82.8 cm³/mol. The molecular formula is C15H21FN2OS. The smallest absolute Gasteiger partial charge is 0.282 e. The minimum Gasteiger partial charge on any atom is -0.337 e. The molecular weight excluding hydrogens is 275 g/mol. The van der Waals surface area contributed by atoms with Crippen molar-refractivity contribution < 1.29 is 9.18 Å². The zero-order valence-corrected chi connectivity index (χ0v) is 13.3. The minimum absolute atomic E-state index is 0.0686. The van der Waals surface area contributed by atoms with E-state index in [1.54, 1.807) is 11.0 Å². The first-order valence-electron chi connectivity index (χ1n) is 7.01. The number of nitrogens with zero attached hydrogens (tertiary/aromatic N) is 2. The third kappa shape index (κ3) is 3.76. The summed E-state index contributed by atoms with van der Waals surface area (Å²) in [4.78, 5) is 18.2. The van der Waals surface area contributed by atoms with Gasteiger partial charge < -0.3 is 4.90 Å². The molecule has 0 spiro atoms. The number of fused-ring (bicyclic) bond motifs is 1. The van der Waals surface area contributed by atoms with Crippen LogP contribution in [0, 0.1) is 5.82 Å². The van der Waals surface area contributed by atoms with Gasteiger partial charge in [0.2, 0.25) is 0 Å². The molecule has 3 nitrogen and oxygen atoms in total. The van der Waals surface area contributed by atoms with Crippen LogP contribution < -0.4 is 0 Å². The highest BCUT2D eigenvalue weighted by molar-refractivity contribution is 7.20. The lowest BCUT2D eigenvalue weighted by Crippen LogP contribution is -2.31. The number of aromatic nitrogens is 1. The third-order valence-electron chi connectivity index (χ3n) is 2.70. The molecule has 0 N–H and O–H groups in total. The Kier molecular flexibility index (Phi) is 6.58. The van der Waals surface area contributed by atoms with E-state index >= 15 is 0 Å². The zero-order valence-electron chi connectivity index (χ0n) is 12.4. The second kappa shape index (κ2) is 7.94. The molecule has 1 aromatic heterocycles. The molecule has 0 saturated heterocycles. The first-order valence-corrected chi connectivity index (χ1v) is 7.82. The molecule has 0 aliphatic heterocycles. The summed E-state index contributed by atoms with van der Waals surface area (Å²) in [5, 5.41) is 0.436. The van der Waals surface area contributed by atoms with E-state index in [4.69, 9.17) is 0 Å². The SMILES string of the molecule is CC.CCCN(CC)C(=O)c1nc2ccc(F)cc2s1. The number of thiazole rings is 1. The van der Waals surface area contributed by atoms with Crippen LogP contribution in [0.1, 0.15) is 43.9 Å². The number of halogens is 1. The Bertz CT molecular complexity index is 568. The predicted octanol–water partition coefficient (Wildman–Crippen LogP) is 4.33. The Morgan fingerprint density at radius 3 is 2.65 bits per heavy atom. The van der Waals surface area contributed by atoms with E-state index < -0.39 is 0 Å². The Hall–Kier alpha value is -1.49. The lowest BCUT2D eigenvalue weighted by Gasteiger charge is -2.18. The molecule has 1 aromatic carbocycles. The average molecular weight is 296 g/mol. The fourth-order valence-corrected chi connectivity index (χ4v) is 2.76. The average Bonchev–Trinajstić information content (AvgIpc) is 2.89. The molecule has 110 valence electrons. The van der Waals surface area contributed by atoms with Gasteiger partial charge in [-0.15, -0.1) is 11.3 Å². The van der Waals surface area contributed by atoms with Crippen LogP contribution in [0.5, 0.6) is 0 Å². The molecule has 0 aliphatic carbocycles. The number of carbonyl (C=O) groups excluding carboxylic acids is 1. The second-order valence-corrected chi connectivity index (χ2v) is 5.05. The van der Waals surface area contributed by atoms with Crippen molar-refractivity contribution in [1.82, 2.24) is 9.88 Å². The molecule has 1 amide bonds. The Labute approximate surface area is 123 Å². The number of amides is 1. The lowest BCUT2D eigenvalue weighted by atomic mass is 10.3. The first kappa shape index (κ1) is 16.6. The van der Waals surface area contributed by atoms with Crippen molar-refractivity contribution in [3.05, 3.63) is 29.0 Å². The standard InChI is InChI=1S/C13H15FN2OS.C2H6/c1-3-7-16(4-2)13(17)12-15-10-6-5-9(14)8-11(10)18-12;1-2/h5-6,8H,3-4,7H2,1-2H3;1-2H3. The van der Waals surface area contributed by atoms with Crippen molar-refractivity contribution in [2.24, 2.45) is 0 Å². The van der Waals surface area contributed by atoms with Crippen molar-refractivity contribution in [3.8, 4) is 0 Å². The maximum atomic E-state index is 13.1. The van der Waals surface area contributed by atoms with E-state index in [2.05, 4.69) is 4.98 Å². The molecule has 20 heavy (non-hydrogen) atoms. The van der Waals surface area contributed by atoms with Crippen LogP contribution in [0.2, 0.25) is 0 Å². The molecule has 0 atom stereocenters. The fourth-order valence-electron chi connectivity index (χ4n) is 1.80. The molecule has 0 saturated carbocycles. The van der Waals surface area contributed by atoms with Gasteiger partial charge in [0.05, 0.1) is 10.2 Å². The first-order chi connectivity index (χ1) is 9.65. The third-order valence-corrected chi connectivity index (χ3v) is 3.70. The largest absolute Gasteiger partial charge is 0.337 e. The van der Waals surface area contributed by atoms with Crippen LogP contribution in [-0.2, 0) is 0 Å². The van der Waals surface area contributed by atoms with Crippen LogP contribution in [0.3, 0.4) is 0 Å². The summed E-state index contributed by atoms with van der Waals surface area (Å²) < 4.78 is 13.8. The van der Waals surface area contributed by atoms with E-state index in [0.29, 0.717) is 21.8 Å². The number of benzene rings is 1. The molecule has 0 unspecified atom stereocenters. The number of hydrogen-bond donors (Lipinski definition) is 0. The summed E-state index contributed by atoms with van der Waals surface area (Å²) in [6.07, 6.45) is 0.916. The monoisotopic (exact) mass is 296 g/mol. The van der Waals surface area contributed by atoms with E-state index in [1.165, 1.54) is 23.5 Å². The molecule has 2 aromatic rings. The van der Waals surface area contributed by atoms with E-state index in [1.807, 2.05) is 27.7 Å². The van der Waals surface area contributed by atoms with Crippen molar-refractivity contribution in [1.29, 1.82) is 0 Å². The lowest BCUT2D eigenvalue weighted by molar-refractivity contribution is 0.0764. The van der Waals surface area contributed by atoms with Crippen LogP contribution in [0.4, 0.5) is 4.39 Å². The van der Waals surface area contributed by atoms with Crippen molar-refractivity contribution in [2.45, 2.75) is 34.1 Å². The fraction of sp³-hybridized carbons (Fsp3) is 0.467. The topological polar surface area (TPSA) is 33.2 Å². The highest BCUT2D eigenvalue weighted by Gasteiger charge is 2.17. The highest BCUT2D eigenvalue weighted by Crippen LogP contribution is 2.23. The van der Waals surface area contributed by atoms with Gasteiger partial charge in [-0.2, -0.15) is 0 Å². The Morgan fingerprint density at radius 2 is 2.05 bits per heavy atom. The molecule has 2 rings (SSSR count). The van der Waals surface area contributed by atoms with Gasteiger partial charge in [-0.25, -0.2) is 9.37 Å². The summed E-state index contributed by atoms with van der Waals surface area (Å²) in [5.41, 5.74) is 0.678. The van der Waals surface area contributed by atoms with E-state index in [9.17, 15) is 9.18 Å². The summed E-state index contributed by atoms with van der Waals surface area (Å²) >= 11 is 1.25. The molecule has 0 bridgehead atoms. The normalized spacial score (nSPS) is 10.1. The maximum Gasteiger partial charge on any atom is 0.282 e. The van der Waals surface area contributed by atoms with Crippen LogP contribution in [0.15, 0.2) is 18.2 Å². The van der Waals surface area contributed by atoms with Gasteiger partial charge in [0, 0.05) is 13.1 Å². The van der Waals surface area contributed by atoms with Gasteiger partial charge in [0.25, 0.3) is 5.91 Å². The second-order valence-electron chi connectivity index (χ2n) is 4.02. The van der Waals surface area contributed by atoms with Gasteiger partial charge in [0.15, 0.2) is 5.01 Å². The number of carbonyl (C=O) groups is 1. The van der Waals surface area contributed by atoms with Gasteiger partial charge in [-0.05, 0) is 31.5 Å². The summed E-state index contributed by atoms with van der Waals surface area (Å²) in [6, 6.07) is 4.38. The maximum absolute atomic E-state index is 13.1. The zero-order chi connectivity index (χ0) is 15.1. The van der Waals surface area contributed by atoms with Gasteiger partial charge in [-0.1, -0.05) is 20.8 Å². The van der Waals surface area contributed by atoms with Gasteiger partial charge in [0.1, 0.15) is 5.82 Å². The molecule has 0 aliphatic rings. The minimum atomic E-state index is -0.300. The molecule has 0 fully saturated rings.